The topological polar surface area (TPSA) is 32.3 Å². The van der Waals surface area contributed by atoms with E-state index in [0.29, 0.717) is 5.69 Å². The molecule has 0 radical (unpaired) electrons. The van der Waals surface area contributed by atoms with E-state index in [4.69, 9.17) is 0 Å². The van der Waals surface area contributed by atoms with Crippen LogP contribution in [0.4, 0.5) is 10.1 Å². The lowest BCUT2D eigenvalue weighted by molar-refractivity contribution is 0.171. The third-order valence-electron chi connectivity index (χ3n) is 2.94. The van der Waals surface area contributed by atoms with Gasteiger partial charge >= 0.3 is 0 Å². The number of halogens is 1. The molecule has 1 saturated carbocycles. The van der Waals surface area contributed by atoms with Gasteiger partial charge in [-0.2, -0.15) is 0 Å². The Bertz CT molecular complexity index is 353. The highest BCUT2D eigenvalue weighted by atomic mass is 19.1. The Morgan fingerprint density at radius 3 is 2.80 bits per heavy atom. The summed E-state index contributed by atoms with van der Waals surface area (Å²) in [7, 11) is 0. The zero-order valence-electron chi connectivity index (χ0n) is 8.83. The predicted molar refractivity (Wildman–Crippen MR) is 58.4 cm³/mol. The van der Waals surface area contributed by atoms with E-state index in [1.165, 1.54) is 6.07 Å². The zero-order valence-corrected chi connectivity index (χ0v) is 8.83. The van der Waals surface area contributed by atoms with Gasteiger partial charge in [0, 0.05) is 0 Å². The summed E-state index contributed by atoms with van der Waals surface area (Å²) in [5.41, 5.74) is 1.40. The fourth-order valence-corrected chi connectivity index (χ4v) is 2.05. The summed E-state index contributed by atoms with van der Waals surface area (Å²) in [5.74, 6) is -0.242. The third-order valence-corrected chi connectivity index (χ3v) is 2.94. The maximum absolute atomic E-state index is 13.5. The van der Waals surface area contributed by atoms with Crippen LogP contribution in [0.5, 0.6) is 0 Å². The summed E-state index contributed by atoms with van der Waals surface area (Å²) in [6.07, 6.45) is 2.39. The number of rotatable bonds is 2. The molecule has 3 heteroatoms. The molecular formula is C12H16FNO. The first-order valence-corrected chi connectivity index (χ1v) is 5.37. The van der Waals surface area contributed by atoms with E-state index in [0.717, 1.165) is 24.8 Å². The van der Waals surface area contributed by atoms with Crippen molar-refractivity contribution >= 4 is 5.69 Å². The Morgan fingerprint density at radius 1 is 1.40 bits per heavy atom. The monoisotopic (exact) mass is 209 g/mol. The van der Waals surface area contributed by atoms with Crippen molar-refractivity contribution in [3.8, 4) is 0 Å². The molecule has 0 aliphatic heterocycles. The molecule has 2 N–H and O–H groups in total. The molecule has 0 bridgehead atoms. The van der Waals surface area contributed by atoms with Gasteiger partial charge in [0.15, 0.2) is 0 Å². The molecule has 1 fully saturated rings. The molecule has 82 valence electrons. The SMILES string of the molecule is Cc1ccc(N[C@H]2CCC[C@@H]2O)c(F)c1. The minimum atomic E-state index is -0.342. The van der Waals surface area contributed by atoms with Crippen molar-refractivity contribution in [2.75, 3.05) is 5.32 Å². The van der Waals surface area contributed by atoms with E-state index in [1.54, 1.807) is 6.07 Å². The number of hydrogen-bond donors (Lipinski definition) is 2. The maximum Gasteiger partial charge on any atom is 0.146 e. The second-order valence-corrected chi connectivity index (χ2v) is 4.23. The standard InChI is InChI=1S/C12H16FNO/c1-8-5-6-10(9(13)7-8)14-11-3-2-4-12(11)15/h5-7,11-12,14-15H,2-4H2,1H3/t11-,12-/m0/s1. The third kappa shape index (κ3) is 2.29. The van der Waals surface area contributed by atoms with E-state index in [2.05, 4.69) is 5.32 Å². The van der Waals surface area contributed by atoms with Gasteiger partial charge in [-0.3, -0.25) is 0 Å². The van der Waals surface area contributed by atoms with Crippen LogP contribution in [-0.4, -0.2) is 17.3 Å². The van der Waals surface area contributed by atoms with Crippen molar-refractivity contribution in [2.45, 2.75) is 38.3 Å². The van der Waals surface area contributed by atoms with Gasteiger partial charge in [-0.15, -0.1) is 0 Å². The van der Waals surface area contributed by atoms with Gasteiger partial charge in [0.25, 0.3) is 0 Å². The Hall–Kier alpha value is -1.09. The highest BCUT2D eigenvalue weighted by Crippen LogP contribution is 2.24. The van der Waals surface area contributed by atoms with Gasteiger partial charge in [0.05, 0.1) is 17.8 Å². The van der Waals surface area contributed by atoms with E-state index in [-0.39, 0.29) is 18.0 Å². The van der Waals surface area contributed by atoms with E-state index < -0.39 is 0 Å². The largest absolute Gasteiger partial charge is 0.391 e. The zero-order chi connectivity index (χ0) is 10.8. The molecule has 2 nitrogen and oxygen atoms in total. The van der Waals surface area contributed by atoms with E-state index in [1.807, 2.05) is 13.0 Å². The van der Waals surface area contributed by atoms with Crippen molar-refractivity contribution in [1.82, 2.24) is 0 Å². The van der Waals surface area contributed by atoms with Gasteiger partial charge in [-0.1, -0.05) is 6.07 Å². The summed E-state index contributed by atoms with van der Waals surface area (Å²) in [6, 6.07) is 5.11. The van der Waals surface area contributed by atoms with Gasteiger partial charge in [0.2, 0.25) is 0 Å². The van der Waals surface area contributed by atoms with E-state index in [9.17, 15) is 9.50 Å². The first kappa shape index (κ1) is 10.4. The van der Waals surface area contributed by atoms with Crippen LogP contribution < -0.4 is 5.32 Å². The highest BCUT2D eigenvalue weighted by molar-refractivity contribution is 5.47. The van der Waals surface area contributed by atoms with Crippen molar-refractivity contribution in [1.29, 1.82) is 0 Å². The van der Waals surface area contributed by atoms with Crippen molar-refractivity contribution in [2.24, 2.45) is 0 Å². The number of nitrogens with one attached hydrogen (secondary N) is 1. The highest BCUT2D eigenvalue weighted by Gasteiger charge is 2.25. The first-order valence-electron chi connectivity index (χ1n) is 5.37. The molecule has 0 aromatic heterocycles. The minimum absolute atomic E-state index is 0.00204. The molecular weight excluding hydrogens is 193 g/mol. The smallest absolute Gasteiger partial charge is 0.146 e. The van der Waals surface area contributed by atoms with Gasteiger partial charge in [0.1, 0.15) is 5.82 Å². The number of aliphatic hydroxyl groups is 1. The number of anilines is 1. The Labute approximate surface area is 89.1 Å². The molecule has 2 atom stereocenters. The summed E-state index contributed by atoms with van der Waals surface area (Å²) >= 11 is 0. The lowest BCUT2D eigenvalue weighted by Crippen LogP contribution is -2.28. The quantitative estimate of drug-likeness (QED) is 0.784. The lowest BCUT2D eigenvalue weighted by Gasteiger charge is -2.18. The van der Waals surface area contributed by atoms with Crippen molar-refractivity contribution in [3.05, 3.63) is 29.6 Å². The van der Waals surface area contributed by atoms with E-state index >= 15 is 0 Å². The molecule has 1 aliphatic carbocycles. The molecule has 0 saturated heterocycles. The summed E-state index contributed by atoms with van der Waals surface area (Å²) in [6.45, 7) is 1.86. The number of hydrogen-bond acceptors (Lipinski definition) is 2. The molecule has 1 aromatic rings. The van der Waals surface area contributed by atoms with Crippen LogP contribution in [-0.2, 0) is 0 Å². The Morgan fingerprint density at radius 2 is 2.20 bits per heavy atom. The number of benzene rings is 1. The van der Waals surface area contributed by atoms with Gasteiger partial charge in [-0.25, -0.2) is 4.39 Å². The molecule has 15 heavy (non-hydrogen) atoms. The van der Waals surface area contributed by atoms with Gasteiger partial charge in [-0.05, 0) is 43.9 Å². The second-order valence-electron chi connectivity index (χ2n) is 4.23. The average molecular weight is 209 g/mol. The molecule has 0 unspecified atom stereocenters. The van der Waals surface area contributed by atoms with Crippen molar-refractivity contribution in [3.63, 3.8) is 0 Å². The van der Waals surface area contributed by atoms with Crippen LogP contribution in [0.2, 0.25) is 0 Å². The Kier molecular flexibility index (Phi) is 2.91. The number of aryl methyl sites for hydroxylation is 1. The predicted octanol–water partition coefficient (Wildman–Crippen LogP) is 2.46. The van der Waals surface area contributed by atoms with Crippen molar-refractivity contribution < 1.29 is 9.50 Å². The van der Waals surface area contributed by atoms with Crippen LogP contribution in [0.15, 0.2) is 18.2 Å². The average Bonchev–Trinajstić information content (AvgIpc) is 2.57. The molecule has 2 rings (SSSR count). The first-order chi connectivity index (χ1) is 7.16. The summed E-state index contributed by atoms with van der Waals surface area (Å²) in [4.78, 5) is 0. The van der Waals surface area contributed by atoms with Crippen LogP contribution in [0.25, 0.3) is 0 Å². The minimum Gasteiger partial charge on any atom is -0.391 e. The van der Waals surface area contributed by atoms with Crippen LogP contribution in [0, 0.1) is 12.7 Å². The summed E-state index contributed by atoms with van der Waals surface area (Å²) < 4.78 is 13.5. The molecule has 0 spiro atoms. The Balaban J connectivity index is 2.10. The number of aliphatic hydroxyl groups excluding tert-OH is 1. The van der Waals surface area contributed by atoms with Crippen LogP contribution in [0.1, 0.15) is 24.8 Å². The molecule has 0 heterocycles. The summed E-state index contributed by atoms with van der Waals surface area (Å²) in [5, 5.41) is 12.7. The van der Waals surface area contributed by atoms with Gasteiger partial charge < -0.3 is 10.4 Å². The fourth-order valence-electron chi connectivity index (χ4n) is 2.05. The second kappa shape index (κ2) is 4.19. The normalized spacial score (nSPS) is 25.5. The fraction of sp³-hybridized carbons (Fsp3) is 0.500. The van der Waals surface area contributed by atoms with Crippen LogP contribution in [0.3, 0.4) is 0 Å². The lowest BCUT2D eigenvalue weighted by atomic mass is 10.1. The molecule has 1 aliphatic rings. The molecule has 0 amide bonds. The maximum atomic E-state index is 13.5. The van der Waals surface area contributed by atoms with Crippen LogP contribution >= 0.6 is 0 Å². The molecule has 1 aromatic carbocycles.